The average Bonchev–Trinajstić information content (AvgIpc) is 2.85. The monoisotopic (exact) mass is 281 g/mol. The van der Waals surface area contributed by atoms with Crippen LogP contribution in [0.2, 0.25) is 0 Å². The first-order valence-corrected chi connectivity index (χ1v) is 8.00. The first-order chi connectivity index (χ1) is 9.20. The largest absolute Gasteiger partial charge is 0.454 e. The van der Waals surface area contributed by atoms with E-state index in [1.165, 1.54) is 17.7 Å². The van der Waals surface area contributed by atoms with E-state index in [9.17, 15) is 0 Å². The summed E-state index contributed by atoms with van der Waals surface area (Å²) in [6, 6.07) is 6.58. The van der Waals surface area contributed by atoms with Crippen molar-refractivity contribution in [2.75, 3.05) is 25.3 Å². The summed E-state index contributed by atoms with van der Waals surface area (Å²) in [5.74, 6) is 4.81. The molecule has 1 atom stereocenters. The summed E-state index contributed by atoms with van der Waals surface area (Å²) in [5.41, 5.74) is 1.27. The lowest BCUT2D eigenvalue weighted by Gasteiger charge is -2.17. The Kier molecular flexibility index (Phi) is 5.40. The van der Waals surface area contributed by atoms with Gasteiger partial charge in [0.05, 0.1) is 0 Å². The molecule has 19 heavy (non-hydrogen) atoms. The van der Waals surface area contributed by atoms with E-state index in [2.05, 4.69) is 31.3 Å². The van der Waals surface area contributed by atoms with Gasteiger partial charge in [0, 0.05) is 11.8 Å². The van der Waals surface area contributed by atoms with Gasteiger partial charge in [0.1, 0.15) is 0 Å². The second kappa shape index (κ2) is 7.06. The van der Waals surface area contributed by atoms with Crippen LogP contribution in [0.5, 0.6) is 11.5 Å². The molecule has 1 aliphatic rings. The van der Waals surface area contributed by atoms with Crippen LogP contribution in [0.25, 0.3) is 0 Å². The zero-order valence-electron chi connectivity index (χ0n) is 11.9. The fourth-order valence-electron chi connectivity index (χ4n) is 2.00. The van der Waals surface area contributed by atoms with E-state index in [1.807, 2.05) is 24.9 Å². The highest BCUT2D eigenvalue weighted by Gasteiger charge is 2.17. The summed E-state index contributed by atoms with van der Waals surface area (Å²) in [6.45, 7) is 4.88. The van der Waals surface area contributed by atoms with E-state index in [1.54, 1.807) is 0 Å². The molecular formula is C15H23NO2S. The molecule has 2 rings (SSSR count). The van der Waals surface area contributed by atoms with Crippen LogP contribution in [0.4, 0.5) is 0 Å². The SMILES string of the molecule is CNC(CSCCC(C)C)c1ccc2c(c1)OCO2. The van der Waals surface area contributed by atoms with Gasteiger partial charge in [-0.2, -0.15) is 11.8 Å². The smallest absolute Gasteiger partial charge is 0.231 e. The molecule has 0 aromatic heterocycles. The molecule has 1 N–H and O–H groups in total. The van der Waals surface area contributed by atoms with Crippen LogP contribution >= 0.6 is 11.8 Å². The summed E-state index contributed by atoms with van der Waals surface area (Å²) >= 11 is 2.01. The lowest BCUT2D eigenvalue weighted by Crippen LogP contribution is -2.19. The van der Waals surface area contributed by atoms with Gasteiger partial charge in [0.15, 0.2) is 11.5 Å². The standard InChI is InChI=1S/C15H23NO2S/c1-11(2)6-7-19-9-13(16-3)12-4-5-14-15(8-12)18-10-17-14/h4-5,8,11,13,16H,6-7,9-10H2,1-3H3. The molecular weight excluding hydrogens is 258 g/mol. The Balaban J connectivity index is 1.90. The molecule has 1 aromatic rings. The highest BCUT2D eigenvalue weighted by atomic mass is 32.2. The molecule has 3 nitrogen and oxygen atoms in total. The van der Waals surface area contributed by atoms with Crippen LogP contribution in [0.15, 0.2) is 18.2 Å². The Hall–Kier alpha value is -0.870. The molecule has 1 heterocycles. The Morgan fingerprint density at radius 1 is 1.26 bits per heavy atom. The van der Waals surface area contributed by atoms with Crippen molar-refractivity contribution >= 4 is 11.8 Å². The molecule has 0 saturated carbocycles. The topological polar surface area (TPSA) is 30.5 Å². The van der Waals surface area contributed by atoms with E-state index in [-0.39, 0.29) is 0 Å². The minimum absolute atomic E-state index is 0.339. The lowest BCUT2D eigenvalue weighted by atomic mass is 10.1. The van der Waals surface area contributed by atoms with E-state index in [0.717, 1.165) is 23.2 Å². The van der Waals surface area contributed by atoms with Crippen LogP contribution in [0.1, 0.15) is 31.9 Å². The molecule has 1 unspecified atom stereocenters. The fraction of sp³-hybridized carbons (Fsp3) is 0.600. The van der Waals surface area contributed by atoms with Gasteiger partial charge in [-0.25, -0.2) is 0 Å². The lowest BCUT2D eigenvalue weighted by molar-refractivity contribution is 0.174. The van der Waals surface area contributed by atoms with Crippen LogP contribution < -0.4 is 14.8 Å². The average molecular weight is 281 g/mol. The van der Waals surface area contributed by atoms with Crippen molar-refractivity contribution in [3.8, 4) is 11.5 Å². The number of nitrogens with one attached hydrogen (secondary N) is 1. The number of thioether (sulfide) groups is 1. The zero-order chi connectivity index (χ0) is 13.7. The van der Waals surface area contributed by atoms with E-state index in [0.29, 0.717) is 12.8 Å². The van der Waals surface area contributed by atoms with E-state index in [4.69, 9.17) is 9.47 Å². The fourth-order valence-corrected chi connectivity index (χ4v) is 3.40. The maximum absolute atomic E-state index is 5.43. The Morgan fingerprint density at radius 2 is 2.05 bits per heavy atom. The van der Waals surface area contributed by atoms with Crippen molar-refractivity contribution in [2.24, 2.45) is 5.92 Å². The predicted molar refractivity (Wildman–Crippen MR) is 81.1 cm³/mol. The first kappa shape index (κ1) is 14.5. The van der Waals surface area contributed by atoms with Gasteiger partial charge in [0.2, 0.25) is 6.79 Å². The van der Waals surface area contributed by atoms with Gasteiger partial charge in [-0.05, 0) is 42.8 Å². The van der Waals surface area contributed by atoms with Gasteiger partial charge >= 0.3 is 0 Å². The van der Waals surface area contributed by atoms with Crippen LogP contribution in [0.3, 0.4) is 0 Å². The number of fused-ring (bicyclic) bond motifs is 1. The van der Waals surface area contributed by atoms with E-state index < -0.39 is 0 Å². The van der Waals surface area contributed by atoms with Crippen molar-refractivity contribution in [1.29, 1.82) is 0 Å². The molecule has 0 aliphatic carbocycles. The highest BCUT2D eigenvalue weighted by molar-refractivity contribution is 7.99. The maximum Gasteiger partial charge on any atom is 0.231 e. The number of hydrogen-bond acceptors (Lipinski definition) is 4. The Bertz CT molecular complexity index is 409. The molecule has 0 fully saturated rings. The number of benzene rings is 1. The molecule has 0 spiro atoms. The summed E-state index contributed by atoms with van der Waals surface area (Å²) in [5, 5.41) is 3.38. The number of rotatable bonds is 7. The quantitative estimate of drug-likeness (QED) is 0.775. The summed E-state index contributed by atoms with van der Waals surface area (Å²) in [4.78, 5) is 0. The second-order valence-electron chi connectivity index (χ2n) is 5.21. The zero-order valence-corrected chi connectivity index (χ0v) is 12.8. The van der Waals surface area contributed by atoms with Gasteiger partial charge in [-0.3, -0.25) is 0 Å². The normalized spacial score (nSPS) is 14.9. The summed E-state index contributed by atoms with van der Waals surface area (Å²) in [6.07, 6.45) is 1.28. The minimum atomic E-state index is 0.339. The van der Waals surface area contributed by atoms with E-state index >= 15 is 0 Å². The molecule has 1 aliphatic heterocycles. The van der Waals surface area contributed by atoms with Crippen molar-refractivity contribution in [3.05, 3.63) is 23.8 Å². The third kappa shape index (κ3) is 4.05. The van der Waals surface area contributed by atoms with Crippen molar-refractivity contribution in [1.82, 2.24) is 5.32 Å². The molecule has 0 saturated heterocycles. The van der Waals surface area contributed by atoms with Crippen molar-refractivity contribution in [3.63, 3.8) is 0 Å². The van der Waals surface area contributed by atoms with Gasteiger partial charge in [-0.15, -0.1) is 0 Å². The van der Waals surface area contributed by atoms with Crippen LogP contribution in [-0.2, 0) is 0 Å². The van der Waals surface area contributed by atoms with Crippen LogP contribution in [-0.4, -0.2) is 25.3 Å². The molecule has 4 heteroatoms. The number of hydrogen-bond donors (Lipinski definition) is 1. The van der Waals surface area contributed by atoms with Crippen molar-refractivity contribution in [2.45, 2.75) is 26.3 Å². The third-order valence-corrected chi connectivity index (χ3v) is 4.36. The Morgan fingerprint density at radius 3 is 2.79 bits per heavy atom. The van der Waals surface area contributed by atoms with Gasteiger partial charge in [-0.1, -0.05) is 19.9 Å². The molecule has 106 valence electrons. The van der Waals surface area contributed by atoms with Crippen molar-refractivity contribution < 1.29 is 9.47 Å². The van der Waals surface area contributed by atoms with Gasteiger partial charge in [0.25, 0.3) is 0 Å². The maximum atomic E-state index is 5.43. The van der Waals surface area contributed by atoms with Crippen LogP contribution in [0, 0.1) is 5.92 Å². The number of ether oxygens (including phenoxy) is 2. The molecule has 0 bridgehead atoms. The van der Waals surface area contributed by atoms with Gasteiger partial charge < -0.3 is 14.8 Å². The molecule has 0 radical (unpaired) electrons. The summed E-state index contributed by atoms with van der Waals surface area (Å²) < 4.78 is 10.8. The first-order valence-electron chi connectivity index (χ1n) is 6.85. The minimum Gasteiger partial charge on any atom is -0.454 e. The summed E-state index contributed by atoms with van der Waals surface area (Å²) in [7, 11) is 2.01. The highest BCUT2D eigenvalue weighted by Crippen LogP contribution is 2.34. The predicted octanol–water partition coefficient (Wildman–Crippen LogP) is 3.46. The molecule has 0 amide bonds. The Labute approximate surface area is 120 Å². The second-order valence-corrected chi connectivity index (χ2v) is 6.36. The third-order valence-electron chi connectivity index (χ3n) is 3.27. The molecule has 1 aromatic carbocycles.